The number of carboxylic acid groups (broad SMARTS) is 1. The quantitative estimate of drug-likeness (QED) is 0.914. The van der Waals surface area contributed by atoms with Gasteiger partial charge in [0.05, 0.1) is 12.7 Å². The predicted octanol–water partition coefficient (Wildman–Crippen LogP) is 1.15. The molecule has 8 heteroatoms. The molecule has 2 heterocycles. The third kappa shape index (κ3) is 3.20. The second kappa shape index (κ2) is 6.15. The van der Waals surface area contributed by atoms with Crippen LogP contribution < -0.4 is 0 Å². The molecule has 0 bridgehead atoms. The Balaban J connectivity index is 1.74. The number of nitrogens with zero attached hydrogens (tertiary/aromatic N) is 4. The Morgan fingerprint density at radius 2 is 2.22 bits per heavy atom. The minimum atomic E-state index is -1.01. The van der Waals surface area contributed by atoms with Gasteiger partial charge < -0.3 is 10.0 Å². The fourth-order valence-electron chi connectivity index (χ4n) is 2.71. The van der Waals surface area contributed by atoms with E-state index in [2.05, 4.69) is 10.3 Å². The van der Waals surface area contributed by atoms with Crippen LogP contribution in [0.3, 0.4) is 0 Å². The summed E-state index contributed by atoms with van der Waals surface area (Å²) in [5, 5.41) is 16.8. The third-order valence-electron chi connectivity index (χ3n) is 3.79. The van der Waals surface area contributed by atoms with E-state index < -0.39 is 17.9 Å². The van der Waals surface area contributed by atoms with Crippen molar-refractivity contribution in [1.29, 1.82) is 0 Å². The SMILES string of the molecule is O=C(O)C1CCCN1C(=O)c1cn(Cc2cccc(F)c2)nn1. The number of carbonyl (C=O) groups excluding carboxylic acids is 1. The highest BCUT2D eigenvalue weighted by atomic mass is 19.1. The first kappa shape index (κ1) is 15.1. The van der Waals surface area contributed by atoms with Gasteiger partial charge in [0.15, 0.2) is 5.69 Å². The molecular formula is C15H15FN4O3. The summed E-state index contributed by atoms with van der Waals surface area (Å²) < 4.78 is 14.6. The van der Waals surface area contributed by atoms with E-state index >= 15 is 0 Å². The molecule has 0 saturated carbocycles. The number of halogens is 1. The van der Waals surface area contributed by atoms with Crippen LogP contribution in [-0.4, -0.2) is 49.5 Å². The zero-order chi connectivity index (χ0) is 16.4. The second-order valence-corrected chi connectivity index (χ2v) is 5.43. The van der Waals surface area contributed by atoms with E-state index in [1.54, 1.807) is 12.1 Å². The lowest BCUT2D eigenvalue weighted by Gasteiger charge is -2.19. The van der Waals surface area contributed by atoms with E-state index in [9.17, 15) is 14.0 Å². The van der Waals surface area contributed by atoms with Crippen LogP contribution in [0.1, 0.15) is 28.9 Å². The molecule has 0 spiro atoms. The van der Waals surface area contributed by atoms with Gasteiger partial charge in [-0.25, -0.2) is 13.9 Å². The largest absolute Gasteiger partial charge is 0.480 e. The van der Waals surface area contributed by atoms with Gasteiger partial charge in [-0.15, -0.1) is 5.10 Å². The van der Waals surface area contributed by atoms with Gasteiger partial charge in [0.25, 0.3) is 5.91 Å². The molecule has 0 radical (unpaired) electrons. The van der Waals surface area contributed by atoms with Crippen LogP contribution >= 0.6 is 0 Å². The van der Waals surface area contributed by atoms with E-state index in [-0.39, 0.29) is 18.1 Å². The number of carboxylic acids is 1. The molecule has 1 fully saturated rings. The van der Waals surface area contributed by atoms with Crippen LogP contribution in [0.15, 0.2) is 30.5 Å². The molecule has 1 aromatic heterocycles. The lowest BCUT2D eigenvalue weighted by Crippen LogP contribution is -2.40. The molecule has 7 nitrogen and oxygen atoms in total. The number of rotatable bonds is 4. The molecular weight excluding hydrogens is 303 g/mol. The van der Waals surface area contributed by atoms with Crippen molar-refractivity contribution in [3.63, 3.8) is 0 Å². The van der Waals surface area contributed by atoms with Crippen LogP contribution in [0.5, 0.6) is 0 Å². The summed E-state index contributed by atoms with van der Waals surface area (Å²) in [6.07, 6.45) is 2.54. The molecule has 1 amide bonds. The Hall–Kier alpha value is -2.77. The zero-order valence-corrected chi connectivity index (χ0v) is 12.2. The van der Waals surface area contributed by atoms with Crippen molar-refractivity contribution in [1.82, 2.24) is 19.9 Å². The Kier molecular flexibility index (Phi) is 4.05. The second-order valence-electron chi connectivity index (χ2n) is 5.43. The van der Waals surface area contributed by atoms with E-state index in [0.717, 1.165) is 0 Å². The summed E-state index contributed by atoms with van der Waals surface area (Å²) in [6, 6.07) is 5.25. The van der Waals surface area contributed by atoms with Gasteiger partial charge >= 0.3 is 5.97 Å². The summed E-state index contributed by atoms with van der Waals surface area (Å²) >= 11 is 0. The third-order valence-corrected chi connectivity index (χ3v) is 3.79. The minimum Gasteiger partial charge on any atom is -0.480 e. The van der Waals surface area contributed by atoms with E-state index in [0.29, 0.717) is 24.9 Å². The number of amides is 1. The maximum atomic E-state index is 13.2. The summed E-state index contributed by atoms with van der Waals surface area (Å²) in [5.41, 5.74) is 0.785. The molecule has 1 N–H and O–H groups in total. The van der Waals surface area contributed by atoms with Gasteiger partial charge in [0, 0.05) is 6.54 Å². The van der Waals surface area contributed by atoms with Gasteiger partial charge in [-0.2, -0.15) is 0 Å². The Morgan fingerprint density at radius 1 is 1.39 bits per heavy atom. The average Bonchev–Trinajstić information content (AvgIpc) is 3.15. The Bertz CT molecular complexity index is 746. The van der Waals surface area contributed by atoms with E-state index in [1.165, 1.54) is 27.9 Å². The van der Waals surface area contributed by atoms with E-state index in [1.807, 2.05) is 0 Å². The number of hydrogen-bond acceptors (Lipinski definition) is 4. The number of carbonyl (C=O) groups is 2. The molecule has 2 aromatic rings. The molecule has 3 rings (SSSR count). The first-order valence-corrected chi connectivity index (χ1v) is 7.23. The molecule has 1 aliphatic rings. The van der Waals surface area contributed by atoms with Gasteiger partial charge in [-0.05, 0) is 30.5 Å². The number of benzene rings is 1. The summed E-state index contributed by atoms with van der Waals surface area (Å²) in [6.45, 7) is 0.674. The number of hydrogen-bond donors (Lipinski definition) is 1. The monoisotopic (exact) mass is 318 g/mol. The molecule has 1 saturated heterocycles. The molecule has 1 atom stereocenters. The normalized spacial score (nSPS) is 17.4. The fraction of sp³-hybridized carbons (Fsp3) is 0.333. The Labute approximate surface area is 131 Å². The first-order chi connectivity index (χ1) is 11.0. The van der Waals surface area contributed by atoms with Crippen molar-refractivity contribution in [2.45, 2.75) is 25.4 Å². The molecule has 1 unspecified atom stereocenters. The zero-order valence-electron chi connectivity index (χ0n) is 12.2. The Morgan fingerprint density at radius 3 is 2.96 bits per heavy atom. The lowest BCUT2D eigenvalue weighted by atomic mass is 10.2. The van der Waals surface area contributed by atoms with Gasteiger partial charge in [0.1, 0.15) is 11.9 Å². The van der Waals surface area contributed by atoms with Gasteiger partial charge in [-0.3, -0.25) is 4.79 Å². The predicted molar refractivity (Wildman–Crippen MR) is 77.2 cm³/mol. The number of likely N-dealkylation sites (tertiary alicyclic amines) is 1. The number of aliphatic carboxylic acids is 1. The van der Waals surface area contributed by atoms with E-state index in [4.69, 9.17) is 5.11 Å². The van der Waals surface area contributed by atoms with Crippen molar-refractivity contribution in [3.8, 4) is 0 Å². The first-order valence-electron chi connectivity index (χ1n) is 7.23. The van der Waals surface area contributed by atoms with Gasteiger partial charge in [-0.1, -0.05) is 17.3 Å². The molecule has 23 heavy (non-hydrogen) atoms. The minimum absolute atomic E-state index is 0.0922. The maximum Gasteiger partial charge on any atom is 0.326 e. The maximum absolute atomic E-state index is 13.2. The number of aromatic nitrogens is 3. The summed E-state index contributed by atoms with van der Waals surface area (Å²) in [5.74, 6) is -1.80. The van der Waals surface area contributed by atoms with Crippen LogP contribution in [0, 0.1) is 5.82 Å². The van der Waals surface area contributed by atoms with Crippen LogP contribution in [0.4, 0.5) is 4.39 Å². The standard InChI is InChI=1S/C15H15FN4O3/c16-11-4-1-3-10(7-11)8-19-9-12(17-18-19)14(21)20-6-2-5-13(20)15(22)23/h1,3-4,7,9,13H,2,5-6,8H2,(H,22,23). The average molecular weight is 318 g/mol. The topological polar surface area (TPSA) is 88.3 Å². The van der Waals surface area contributed by atoms with Crippen molar-refractivity contribution < 1.29 is 19.1 Å². The summed E-state index contributed by atoms with van der Waals surface area (Å²) in [7, 11) is 0. The van der Waals surface area contributed by atoms with Crippen LogP contribution in [0.25, 0.3) is 0 Å². The highest BCUT2D eigenvalue weighted by Crippen LogP contribution is 2.19. The molecule has 120 valence electrons. The molecule has 1 aromatic carbocycles. The highest BCUT2D eigenvalue weighted by Gasteiger charge is 2.35. The fourth-order valence-corrected chi connectivity index (χ4v) is 2.71. The van der Waals surface area contributed by atoms with Crippen molar-refractivity contribution >= 4 is 11.9 Å². The van der Waals surface area contributed by atoms with Crippen LogP contribution in [0.2, 0.25) is 0 Å². The smallest absolute Gasteiger partial charge is 0.326 e. The molecule has 0 aliphatic carbocycles. The molecule has 1 aliphatic heterocycles. The van der Waals surface area contributed by atoms with Crippen molar-refractivity contribution in [2.24, 2.45) is 0 Å². The van der Waals surface area contributed by atoms with Crippen molar-refractivity contribution in [2.75, 3.05) is 6.54 Å². The highest BCUT2D eigenvalue weighted by molar-refractivity contribution is 5.95. The van der Waals surface area contributed by atoms with Crippen molar-refractivity contribution in [3.05, 3.63) is 47.5 Å². The van der Waals surface area contributed by atoms with Gasteiger partial charge in [0.2, 0.25) is 0 Å². The van der Waals surface area contributed by atoms with Crippen LogP contribution in [-0.2, 0) is 11.3 Å². The lowest BCUT2D eigenvalue weighted by molar-refractivity contribution is -0.141. The summed E-state index contributed by atoms with van der Waals surface area (Å²) in [4.78, 5) is 24.8.